The van der Waals surface area contributed by atoms with Crippen molar-refractivity contribution >= 4 is 11.9 Å². The van der Waals surface area contributed by atoms with Gasteiger partial charge in [0.05, 0.1) is 12.5 Å². The van der Waals surface area contributed by atoms with Crippen LogP contribution in [-0.2, 0) is 9.59 Å². The van der Waals surface area contributed by atoms with E-state index in [1.807, 2.05) is 13.8 Å². The minimum atomic E-state index is -0.804. The second-order valence-corrected chi connectivity index (χ2v) is 5.63. The van der Waals surface area contributed by atoms with Gasteiger partial charge in [0.1, 0.15) is 0 Å². The topological polar surface area (TPSA) is 86.6 Å². The van der Waals surface area contributed by atoms with Crippen molar-refractivity contribution in [2.24, 2.45) is 17.3 Å². The molecule has 0 bridgehead atoms. The van der Waals surface area contributed by atoms with Crippen molar-refractivity contribution in [2.45, 2.75) is 46.0 Å². The molecule has 3 N–H and O–H groups in total. The quantitative estimate of drug-likeness (QED) is 0.653. The van der Waals surface area contributed by atoms with E-state index >= 15 is 0 Å². The van der Waals surface area contributed by atoms with Gasteiger partial charge in [-0.25, -0.2) is 0 Å². The summed E-state index contributed by atoms with van der Waals surface area (Å²) in [4.78, 5) is 22.9. The number of carbonyl (C=O) groups excluding carboxylic acids is 1. The van der Waals surface area contributed by atoms with Crippen LogP contribution in [0.3, 0.4) is 0 Å². The highest BCUT2D eigenvalue weighted by molar-refractivity contribution is 5.80. The van der Waals surface area contributed by atoms with Gasteiger partial charge in [0.25, 0.3) is 0 Å². The summed E-state index contributed by atoms with van der Waals surface area (Å²) >= 11 is 0. The zero-order chi connectivity index (χ0) is 14.5. The van der Waals surface area contributed by atoms with Gasteiger partial charge in [-0.15, -0.1) is 0 Å². The Labute approximate surface area is 114 Å². The first-order valence-corrected chi connectivity index (χ1v) is 7.09. The van der Waals surface area contributed by atoms with Gasteiger partial charge in [-0.1, -0.05) is 13.8 Å². The molecule has 0 spiro atoms. The maximum atomic E-state index is 12.0. The first-order chi connectivity index (χ1) is 8.98. The van der Waals surface area contributed by atoms with Gasteiger partial charge in [0.2, 0.25) is 5.91 Å². The summed E-state index contributed by atoms with van der Waals surface area (Å²) < 4.78 is 0. The molecule has 19 heavy (non-hydrogen) atoms. The fraction of sp³-hybridized carbons (Fsp3) is 0.857. The molecule has 0 aromatic carbocycles. The Bertz CT molecular complexity index is 317. The summed E-state index contributed by atoms with van der Waals surface area (Å²) in [6.45, 7) is 4.52. The normalized spacial score (nSPS) is 23.3. The largest absolute Gasteiger partial charge is 0.481 e. The number of hydrogen-bond acceptors (Lipinski definition) is 3. The molecule has 1 aliphatic rings. The molecule has 2 atom stereocenters. The number of amides is 1. The van der Waals surface area contributed by atoms with E-state index in [4.69, 9.17) is 5.11 Å². The number of carboxylic acid groups (broad SMARTS) is 1. The summed E-state index contributed by atoms with van der Waals surface area (Å²) in [5.41, 5.74) is -0.250. The molecule has 5 nitrogen and oxygen atoms in total. The fourth-order valence-corrected chi connectivity index (χ4v) is 2.64. The van der Waals surface area contributed by atoms with E-state index in [0.29, 0.717) is 25.8 Å². The fourth-order valence-electron chi connectivity index (χ4n) is 2.64. The van der Waals surface area contributed by atoms with Crippen LogP contribution in [0.5, 0.6) is 0 Å². The maximum absolute atomic E-state index is 12.0. The van der Waals surface area contributed by atoms with E-state index < -0.39 is 5.97 Å². The lowest BCUT2D eigenvalue weighted by Crippen LogP contribution is -2.41. The lowest BCUT2D eigenvalue weighted by molar-refractivity contribution is -0.141. The van der Waals surface area contributed by atoms with Crippen molar-refractivity contribution < 1.29 is 19.8 Å². The minimum Gasteiger partial charge on any atom is -0.481 e. The van der Waals surface area contributed by atoms with E-state index in [9.17, 15) is 14.7 Å². The van der Waals surface area contributed by atoms with Crippen molar-refractivity contribution in [3.63, 3.8) is 0 Å². The molecule has 1 saturated carbocycles. The van der Waals surface area contributed by atoms with Crippen LogP contribution in [0.4, 0.5) is 0 Å². The molecule has 1 aliphatic carbocycles. The van der Waals surface area contributed by atoms with Gasteiger partial charge in [-0.2, -0.15) is 0 Å². The summed E-state index contributed by atoms with van der Waals surface area (Å²) in [6.07, 6.45) is 3.28. The first-order valence-electron chi connectivity index (χ1n) is 7.09. The van der Waals surface area contributed by atoms with Crippen LogP contribution in [-0.4, -0.2) is 35.2 Å². The van der Waals surface area contributed by atoms with Crippen molar-refractivity contribution in [3.05, 3.63) is 0 Å². The second-order valence-electron chi connectivity index (χ2n) is 5.63. The van der Waals surface area contributed by atoms with Crippen molar-refractivity contribution in [2.75, 3.05) is 13.2 Å². The Kier molecular flexibility index (Phi) is 5.79. The van der Waals surface area contributed by atoms with Crippen LogP contribution in [0, 0.1) is 17.3 Å². The molecular formula is C14H25NO4. The molecule has 0 aromatic rings. The third kappa shape index (κ3) is 3.93. The van der Waals surface area contributed by atoms with Crippen molar-refractivity contribution in [1.82, 2.24) is 5.32 Å². The highest BCUT2D eigenvalue weighted by Gasteiger charge is 2.34. The van der Waals surface area contributed by atoms with Crippen LogP contribution in [0.2, 0.25) is 0 Å². The average molecular weight is 271 g/mol. The van der Waals surface area contributed by atoms with Gasteiger partial charge < -0.3 is 15.5 Å². The number of nitrogens with one attached hydrogen (secondary N) is 1. The first kappa shape index (κ1) is 16.0. The predicted molar refractivity (Wildman–Crippen MR) is 71.6 cm³/mol. The van der Waals surface area contributed by atoms with Gasteiger partial charge in [0, 0.05) is 17.9 Å². The zero-order valence-electron chi connectivity index (χ0n) is 11.8. The van der Waals surface area contributed by atoms with E-state index in [1.165, 1.54) is 0 Å². The van der Waals surface area contributed by atoms with Gasteiger partial charge in [-0.3, -0.25) is 9.59 Å². The van der Waals surface area contributed by atoms with Crippen LogP contribution in [0.25, 0.3) is 0 Å². The Morgan fingerprint density at radius 2 is 1.79 bits per heavy atom. The maximum Gasteiger partial charge on any atom is 0.306 e. The van der Waals surface area contributed by atoms with Crippen LogP contribution < -0.4 is 5.32 Å². The van der Waals surface area contributed by atoms with Gasteiger partial charge >= 0.3 is 5.97 Å². The number of aliphatic hydroxyl groups is 1. The third-order valence-corrected chi connectivity index (χ3v) is 4.63. The second kappa shape index (κ2) is 6.89. The number of hydrogen-bond donors (Lipinski definition) is 3. The van der Waals surface area contributed by atoms with Crippen molar-refractivity contribution in [3.8, 4) is 0 Å². The number of carbonyl (C=O) groups is 2. The lowest BCUT2D eigenvalue weighted by atomic mass is 9.83. The smallest absolute Gasteiger partial charge is 0.306 e. The molecule has 1 amide bonds. The molecule has 0 aliphatic heterocycles. The molecule has 2 unspecified atom stereocenters. The highest BCUT2D eigenvalue weighted by Crippen LogP contribution is 2.31. The molecule has 0 radical (unpaired) electrons. The van der Waals surface area contributed by atoms with E-state index in [2.05, 4.69) is 5.32 Å². The van der Waals surface area contributed by atoms with Crippen LogP contribution >= 0.6 is 0 Å². The van der Waals surface area contributed by atoms with Gasteiger partial charge in [-0.05, 0) is 32.1 Å². The number of aliphatic hydroxyl groups excluding tert-OH is 1. The molecular weight excluding hydrogens is 246 g/mol. The van der Waals surface area contributed by atoms with Crippen LogP contribution in [0.15, 0.2) is 0 Å². The summed E-state index contributed by atoms with van der Waals surface area (Å²) in [5, 5.41) is 21.2. The number of aliphatic carboxylic acids is 1. The molecule has 5 heteroatoms. The third-order valence-electron chi connectivity index (χ3n) is 4.63. The van der Waals surface area contributed by atoms with Crippen LogP contribution in [0.1, 0.15) is 46.0 Å². The highest BCUT2D eigenvalue weighted by atomic mass is 16.4. The molecule has 1 rings (SSSR count). The van der Waals surface area contributed by atoms with E-state index in [1.54, 1.807) is 0 Å². The zero-order valence-corrected chi connectivity index (χ0v) is 11.8. The number of rotatable bonds is 7. The molecule has 1 fully saturated rings. The summed E-state index contributed by atoms with van der Waals surface area (Å²) in [6, 6.07) is 0. The Morgan fingerprint density at radius 1 is 1.21 bits per heavy atom. The minimum absolute atomic E-state index is 0.0582. The molecule has 0 aromatic heterocycles. The molecule has 0 saturated heterocycles. The Hall–Kier alpha value is -1.10. The summed E-state index contributed by atoms with van der Waals surface area (Å²) in [7, 11) is 0. The van der Waals surface area contributed by atoms with Gasteiger partial charge in [0.15, 0.2) is 0 Å². The van der Waals surface area contributed by atoms with E-state index in [0.717, 1.165) is 12.8 Å². The summed E-state index contributed by atoms with van der Waals surface area (Å²) in [5.74, 6) is -1.44. The monoisotopic (exact) mass is 271 g/mol. The van der Waals surface area contributed by atoms with E-state index in [-0.39, 0.29) is 29.8 Å². The predicted octanol–water partition coefficient (Wildman–Crippen LogP) is 1.40. The lowest BCUT2D eigenvalue weighted by Gasteiger charge is -2.30. The SMILES string of the molecule is CCC(CC)(CO)CNC(=O)C1CCC(C(=O)O)C1. The molecule has 0 heterocycles. The standard InChI is InChI=1S/C14H25NO4/c1-3-14(4-2,9-16)8-15-12(17)10-5-6-11(7-10)13(18)19/h10-11,16H,3-9H2,1-2H3,(H,15,17)(H,18,19). The Morgan fingerprint density at radius 3 is 2.21 bits per heavy atom. The van der Waals surface area contributed by atoms with Crippen molar-refractivity contribution in [1.29, 1.82) is 0 Å². The number of carboxylic acids is 1. The molecule has 110 valence electrons. The Balaban J connectivity index is 2.46. The average Bonchev–Trinajstić information content (AvgIpc) is 2.90.